The zero-order valence-corrected chi connectivity index (χ0v) is 17.0. The molecule has 3 aromatic rings. The smallest absolute Gasteiger partial charge is 0.123 e. The lowest BCUT2D eigenvalue weighted by molar-refractivity contribution is 0.315. The number of pyridine rings is 1. The zero-order valence-electron chi connectivity index (χ0n) is 15.4. The van der Waals surface area contributed by atoms with E-state index in [0.717, 1.165) is 32.4 Å². The van der Waals surface area contributed by atoms with Crippen molar-refractivity contribution in [2.75, 3.05) is 0 Å². The van der Waals surface area contributed by atoms with Gasteiger partial charge in [-0.1, -0.05) is 39.3 Å². The molecule has 27 heavy (non-hydrogen) atoms. The van der Waals surface area contributed by atoms with Crippen LogP contribution < -0.4 is 0 Å². The molecule has 2 aromatic carbocycles. The van der Waals surface area contributed by atoms with E-state index < -0.39 is 5.41 Å². The van der Waals surface area contributed by atoms with Crippen molar-refractivity contribution in [1.29, 1.82) is 0 Å². The van der Waals surface area contributed by atoms with Crippen LogP contribution in [-0.2, 0) is 5.41 Å². The van der Waals surface area contributed by atoms with Gasteiger partial charge < -0.3 is 5.21 Å². The van der Waals surface area contributed by atoms with E-state index in [-0.39, 0.29) is 5.82 Å². The van der Waals surface area contributed by atoms with Crippen LogP contribution in [0.2, 0.25) is 0 Å². The molecule has 0 radical (unpaired) electrons. The average Bonchev–Trinajstić information content (AvgIpc) is 2.65. The normalized spacial score (nSPS) is 14.0. The van der Waals surface area contributed by atoms with Gasteiger partial charge in [0.2, 0.25) is 0 Å². The number of aromatic nitrogens is 1. The Morgan fingerprint density at radius 1 is 1.04 bits per heavy atom. The first kappa shape index (κ1) is 19.2. The summed E-state index contributed by atoms with van der Waals surface area (Å²) >= 11 is 3.48. The second kappa shape index (κ2) is 7.61. The van der Waals surface area contributed by atoms with Gasteiger partial charge in [-0.25, -0.2) is 4.39 Å². The standard InChI is InChI=1S/C22H20BrFN2O/c1-14-12-20(24)8-9-21(14)22(16(3)26-27,17-4-6-19(23)7-5-17)18-10-11-25-15(2)13-18/h4-13,27H,1-3H3/b26-16-. The van der Waals surface area contributed by atoms with Crippen LogP contribution >= 0.6 is 15.9 Å². The fourth-order valence-electron chi connectivity index (χ4n) is 3.69. The van der Waals surface area contributed by atoms with E-state index in [9.17, 15) is 9.60 Å². The van der Waals surface area contributed by atoms with Gasteiger partial charge in [-0.3, -0.25) is 4.98 Å². The molecule has 0 aliphatic carbocycles. The molecule has 1 atom stereocenters. The topological polar surface area (TPSA) is 45.5 Å². The Hall–Kier alpha value is -2.53. The fraction of sp³-hybridized carbons (Fsp3) is 0.182. The van der Waals surface area contributed by atoms with Crippen molar-refractivity contribution >= 4 is 21.6 Å². The van der Waals surface area contributed by atoms with Gasteiger partial charge in [-0.2, -0.15) is 0 Å². The van der Waals surface area contributed by atoms with E-state index >= 15 is 0 Å². The van der Waals surface area contributed by atoms with Crippen molar-refractivity contribution in [2.24, 2.45) is 5.16 Å². The van der Waals surface area contributed by atoms with E-state index in [1.54, 1.807) is 19.2 Å². The molecule has 5 heteroatoms. The minimum absolute atomic E-state index is 0.301. The largest absolute Gasteiger partial charge is 0.411 e. The maximum Gasteiger partial charge on any atom is 0.123 e. The molecule has 1 unspecified atom stereocenters. The molecule has 3 nitrogen and oxygen atoms in total. The number of rotatable bonds is 4. The van der Waals surface area contributed by atoms with Gasteiger partial charge in [-0.05, 0) is 79.4 Å². The van der Waals surface area contributed by atoms with Gasteiger partial charge in [0.25, 0.3) is 0 Å². The Balaban J connectivity index is 2.47. The van der Waals surface area contributed by atoms with E-state index in [4.69, 9.17) is 0 Å². The van der Waals surface area contributed by atoms with Crippen molar-refractivity contribution in [1.82, 2.24) is 4.98 Å². The fourth-order valence-corrected chi connectivity index (χ4v) is 3.96. The summed E-state index contributed by atoms with van der Waals surface area (Å²) in [5.41, 5.74) is 3.91. The van der Waals surface area contributed by atoms with Crippen molar-refractivity contribution < 1.29 is 9.60 Å². The van der Waals surface area contributed by atoms with Gasteiger partial charge >= 0.3 is 0 Å². The van der Waals surface area contributed by atoms with Gasteiger partial charge in [0.15, 0.2) is 0 Å². The van der Waals surface area contributed by atoms with E-state index in [2.05, 4.69) is 26.1 Å². The van der Waals surface area contributed by atoms with Crippen LogP contribution in [0.5, 0.6) is 0 Å². The van der Waals surface area contributed by atoms with Crippen LogP contribution in [-0.4, -0.2) is 15.9 Å². The van der Waals surface area contributed by atoms with Crippen LogP contribution in [0.1, 0.15) is 34.9 Å². The monoisotopic (exact) mass is 426 g/mol. The number of hydrogen-bond acceptors (Lipinski definition) is 3. The highest BCUT2D eigenvalue weighted by Crippen LogP contribution is 2.42. The number of aryl methyl sites for hydroxylation is 2. The maximum atomic E-state index is 13.8. The molecule has 1 heterocycles. The second-order valence-corrected chi connectivity index (χ2v) is 7.50. The predicted molar refractivity (Wildman–Crippen MR) is 109 cm³/mol. The lowest BCUT2D eigenvalue weighted by atomic mass is 9.65. The van der Waals surface area contributed by atoms with Crippen LogP contribution in [0.3, 0.4) is 0 Å². The minimum Gasteiger partial charge on any atom is -0.411 e. The Labute approximate surface area is 166 Å². The lowest BCUT2D eigenvalue weighted by Gasteiger charge is -2.36. The van der Waals surface area contributed by atoms with E-state index in [1.165, 1.54) is 12.1 Å². The Bertz CT molecular complexity index is 1000. The molecule has 0 aliphatic rings. The molecule has 0 bridgehead atoms. The van der Waals surface area contributed by atoms with Crippen LogP contribution in [0.4, 0.5) is 4.39 Å². The van der Waals surface area contributed by atoms with Gasteiger partial charge in [-0.15, -0.1) is 0 Å². The summed E-state index contributed by atoms with van der Waals surface area (Å²) < 4.78 is 14.8. The number of benzene rings is 2. The summed E-state index contributed by atoms with van der Waals surface area (Å²) in [4.78, 5) is 4.31. The number of nitrogens with zero attached hydrogens (tertiary/aromatic N) is 2. The predicted octanol–water partition coefficient (Wildman–Crippen LogP) is 5.78. The van der Waals surface area contributed by atoms with Crippen molar-refractivity contribution in [3.05, 3.63) is 99.0 Å². The zero-order chi connectivity index (χ0) is 19.6. The van der Waals surface area contributed by atoms with Gasteiger partial charge in [0, 0.05) is 16.4 Å². The first-order chi connectivity index (χ1) is 12.9. The number of oxime groups is 1. The molecule has 0 saturated heterocycles. The molecular formula is C22H20BrFN2O. The SMILES string of the molecule is C/C(=N/O)C(c1ccc(Br)cc1)(c1ccnc(C)c1)c1ccc(F)cc1C. The Kier molecular flexibility index (Phi) is 5.42. The van der Waals surface area contributed by atoms with Gasteiger partial charge in [0.1, 0.15) is 5.82 Å². The van der Waals surface area contributed by atoms with E-state index in [0.29, 0.717) is 5.71 Å². The summed E-state index contributed by atoms with van der Waals surface area (Å²) in [6.07, 6.45) is 1.74. The minimum atomic E-state index is -0.874. The summed E-state index contributed by atoms with van der Waals surface area (Å²) in [6.45, 7) is 5.56. The highest BCUT2D eigenvalue weighted by atomic mass is 79.9. The van der Waals surface area contributed by atoms with Crippen molar-refractivity contribution in [3.63, 3.8) is 0 Å². The molecule has 1 N–H and O–H groups in total. The van der Waals surface area contributed by atoms with Crippen LogP contribution in [0.15, 0.2) is 70.4 Å². The van der Waals surface area contributed by atoms with Crippen LogP contribution in [0, 0.1) is 19.7 Å². The maximum absolute atomic E-state index is 13.8. The average molecular weight is 427 g/mol. The highest BCUT2D eigenvalue weighted by Gasteiger charge is 2.41. The molecule has 0 fully saturated rings. The van der Waals surface area contributed by atoms with Crippen LogP contribution in [0.25, 0.3) is 0 Å². The summed E-state index contributed by atoms with van der Waals surface area (Å²) in [6, 6.07) is 16.4. The molecule has 0 saturated carbocycles. The highest BCUT2D eigenvalue weighted by molar-refractivity contribution is 9.10. The Morgan fingerprint density at radius 2 is 1.74 bits per heavy atom. The van der Waals surface area contributed by atoms with Crippen molar-refractivity contribution in [2.45, 2.75) is 26.2 Å². The van der Waals surface area contributed by atoms with E-state index in [1.807, 2.05) is 50.2 Å². The molecule has 3 rings (SSSR count). The molecule has 138 valence electrons. The third kappa shape index (κ3) is 3.39. The molecule has 0 aliphatic heterocycles. The van der Waals surface area contributed by atoms with Crippen molar-refractivity contribution in [3.8, 4) is 0 Å². The first-order valence-corrected chi connectivity index (χ1v) is 9.34. The molecule has 1 aromatic heterocycles. The number of hydrogen-bond donors (Lipinski definition) is 1. The molecule has 0 spiro atoms. The number of halogens is 2. The summed E-state index contributed by atoms with van der Waals surface area (Å²) in [5, 5.41) is 13.4. The lowest BCUT2D eigenvalue weighted by Crippen LogP contribution is -2.38. The molecular weight excluding hydrogens is 407 g/mol. The van der Waals surface area contributed by atoms with Gasteiger partial charge in [0.05, 0.1) is 11.1 Å². The summed E-state index contributed by atoms with van der Waals surface area (Å²) in [7, 11) is 0. The Morgan fingerprint density at radius 3 is 2.33 bits per heavy atom. The summed E-state index contributed by atoms with van der Waals surface area (Å²) in [5.74, 6) is -0.301. The quantitative estimate of drug-likeness (QED) is 0.326. The second-order valence-electron chi connectivity index (χ2n) is 6.59. The third-order valence-electron chi connectivity index (χ3n) is 4.89. The first-order valence-electron chi connectivity index (χ1n) is 8.54. The third-order valence-corrected chi connectivity index (χ3v) is 5.42. The molecule has 0 amide bonds.